The summed E-state index contributed by atoms with van der Waals surface area (Å²) in [6.45, 7) is 9.63. The maximum atomic E-state index is 10.2. The van der Waals surface area contributed by atoms with Crippen LogP contribution in [0.1, 0.15) is 12.8 Å². The van der Waals surface area contributed by atoms with Crippen LogP contribution in [0.15, 0.2) is 35.3 Å². The van der Waals surface area contributed by atoms with Gasteiger partial charge in [0.15, 0.2) is 0 Å². The van der Waals surface area contributed by atoms with Crippen molar-refractivity contribution in [1.82, 2.24) is 4.90 Å². The van der Waals surface area contributed by atoms with Crippen LogP contribution in [-0.4, -0.2) is 49.3 Å². The molecule has 0 aliphatic rings. The molecule has 0 rings (SSSR count). The Hall–Kier alpha value is -1.80. The van der Waals surface area contributed by atoms with E-state index in [4.69, 9.17) is 0 Å². The topological polar surface area (TPSA) is 62.1 Å². The van der Waals surface area contributed by atoms with Gasteiger partial charge in [0.05, 0.1) is 13.1 Å². The first-order valence-corrected chi connectivity index (χ1v) is 5.83. The summed E-state index contributed by atoms with van der Waals surface area (Å²) in [5.41, 5.74) is 0. The molecule has 0 aliphatic carbocycles. The van der Waals surface area contributed by atoms with Gasteiger partial charge in [-0.2, -0.15) is 0 Å². The van der Waals surface area contributed by atoms with Crippen molar-refractivity contribution in [2.24, 2.45) is 9.98 Å². The third kappa shape index (κ3) is 7.47. The second-order valence-corrected chi connectivity index (χ2v) is 3.73. The summed E-state index contributed by atoms with van der Waals surface area (Å²) in [5, 5.41) is 0. The number of nitrogens with zero attached hydrogens (tertiary/aromatic N) is 3. The highest BCUT2D eigenvalue weighted by molar-refractivity contribution is 5.33. The SMILES string of the molecule is C=CCN(CC=C)[C@@H](CCCN=C=O)CN=C=O. The van der Waals surface area contributed by atoms with Crippen LogP contribution in [0.3, 0.4) is 0 Å². The second-order valence-electron chi connectivity index (χ2n) is 3.73. The number of isocyanates is 2. The van der Waals surface area contributed by atoms with Crippen LogP contribution in [0.25, 0.3) is 0 Å². The minimum atomic E-state index is 0.101. The molecule has 1 atom stereocenters. The molecule has 5 nitrogen and oxygen atoms in total. The molecule has 0 unspecified atom stereocenters. The standard InChI is InChI=1S/C13H19N3O2/c1-3-8-16(9-4-2)13(10-15-12-18)6-5-7-14-11-17/h3-4,13H,1-2,5-10H2/t13-/m0/s1. The lowest BCUT2D eigenvalue weighted by Crippen LogP contribution is -2.38. The maximum Gasteiger partial charge on any atom is 0.234 e. The average Bonchev–Trinajstić information content (AvgIpc) is 2.38. The number of hydrogen-bond acceptors (Lipinski definition) is 5. The van der Waals surface area contributed by atoms with Gasteiger partial charge in [-0.25, -0.2) is 19.6 Å². The highest BCUT2D eigenvalue weighted by atomic mass is 16.1. The molecule has 0 fully saturated rings. The van der Waals surface area contributed by atoms with Gasteiger partial charge in [0, 0.05) is 19.1 Å². The quantitative estimate of drug-likeness (QED) is 0.241. The fraction of sp³-hybridized carbons (Fsp3) is 0.538. The third-order valence-electron chi connectivity index (χ3n) is 2.48. The van der Waals surface area contributed by atoms with Crippen LogP contribution in [0.4, 0.5) is 0 Å². The highest BCUT2D eigenvalue weighted by Crippen LogP contribution is 2.08. The van der Waals surface area contributed by atoms with E-state index in [-0.39, 0.29) is 6.04 Å². The summed E-state index contributed by atoms with van der Waals surface area (Å²) in [6, 6.07) is 0.101. The van der Waals surface area contributed by atoms with Crippen LogP contribution < -0.4 is 0 Å². The van der Waals surface area contributed by atoms with E-state index in [1.807, 2.05) is 0 Å². The molecule has 0 heterocycles. The lowest BCUT2D eigenvalue weighted by molar-refractivity contribution is 0.231. The number of carbonyl (C=O) groups excluding carboxylic acids is 2. The molecule has 0 aromatic carbocycles. The molecule has 0 saturated heterocycles. The number of rotatable bonds is 11. The maximum absolute atomic E-state index is 10.2. The van der Waals surface area contributed by atoms with E-state index in [1.54, 1.807) is 18.2 Å². The molecule has 0 aromatic rings. The van der Waals surface area contributed by atoms with Gasteiger partial charge >= 0.3 is 0 Å². The highest BCUT2D eigenvalue weighted by Gasteiger charge is 2.15. The van der Waals surface area contributed by atoms with Crippen molar-refractivity contribution in [3.8, 4) is 0 Å². The van der Waals surface area contributed by atoms with E-state index < -0.39 is 0 Å². The van der Waals surface area contributed by atoms with E-state index in [0.717, 1.165) is 12.8 Å². The summed E-state index contributed by atoms with van der Waals surface area (Å²) in [6.07, 6.45) is 8.19. The zero-order valence-electron chi connectivity index (χ0n) is 10.5. The van der Waals surface area contributed by atoms with Crippen LogP contribution >= 0.6 is 0 Å². The Morgan fingerprint density at radius 2 is 1.72 bits per heavy atom. The summed E-state index contributed by atoms with van der Waals surface area (Å²) < 4.78 is 0. The van der Waals surface area contributed by atoms with Gasteiger partial charge in [-0.15, -0.1) is 13.2 Å². The smallest absolute Gasteiger partial charge is 0.234 e. The van der Waals surface area contributed by atoms with Gasteiger partial charge in [-0.05, 0) is 12.8 Å². The fourth-order valence-corrected chi connectivity index (χ4v) is 1.69. The molecule has 0 amide bonds. The zero-order valence-corrected chi connectivity index (χ0v) is 10.5. The predicted octanol–water partition coefficient (Wildman–Crippen LogP) is 1.48. The Labute approximate surface area is 108 Å². The summed E-state index contributed by atoms with van der Waals surface area (Å²) >= 11 is 0. The monoisotopic (exact) mass is 249 g/mol. The Morgan fingerprint density at radius 3 is 2.22 bits per heavy atom. The molecule has 18 heavy (non-hydrogen) atoms. The molecular formula is C13H19N3O2. The Balaban J connectivity index is 4.47. The van der Waals surface area contributed by atoms with Gasteiger partial charge in [0.1, 0.15) is 0 Å². The first-order valence-electron chi connectivity index (χ1n) is 5.83. The lowest BCUT2D eigenvalue weighted by Gasteiger charge is -2.28. The van der Waals surface area contributed by atoms with Gasteiger partial charge in [-0.1, -0.05) is 12.2 Å². The minimum absolute atomic E-state index is 0.101. The number of hydrogen-bond donors (Lipinski definition) is 0. The Morgan fingerprint density at radius 1 is 1.11 bits per heavy atom. The van der Waals surface area contributed by atoms with Crippen LogP contribution in [0.5, 0.6) is 0 Å². The molecule has 0 saturated carbocycles. The molecule has 5 heteroatoms. The van der Waals surface area contributed by atoms with Gasteiger partial charge < -0.3 is 0 Å². The van der Waals surface area contributed by atoms with Crippen molar-refractivity contribution in [1.29, 1.82) is 0 Å². The van der Waals surface area contributed by atoms with E-state index in [1.165, 1.54) is 6.08 Å². The van der Waals surface area contributed by atoms with E-state index in [9.17, 15) is 9.59 Å². The van der Waals surface area contributed by atoms with Crippen molar-refractivity contribution < 1.29 is 9.59 Å². The summed E-state index contributed by atoms with van der Waals surface area (Å²) in [5.74, 6) is 0. The van der Waals surface area contributed by atoms with Gasteiger partial charge in [0.2, 0.25) is 12.2 Å². The van der Waals surface area contributed by atoms with Crippen molar-refractivity contribution in [3.05, 3.63) is 25.3 Å². The minimum Gasteiger partial charge on any atom is -0.291 e. The molecule has 0 bridgehead atoms. The van der Waals surface area contributed by atoms with E-state index >= 15 is 0 Å². The van der Waals surface area contributed by atoms with Gasteiger partial charge in [0.25, 0.3) is 0 Å². The molecule has 0 aliphatic heterocycles. The molecule has 0 spiro atoms. The van der Waals surface area contributed by atoms with Crippen LogP contribution in [0.2, 0.25) is 0 Å². The first-order chi connectivity index (χ1) is 8.79. The van der Waals surface area contributed by atoms with Crippen LogP contribution in [0, 0.1) is 0 Å². The van der Waals surface area contributed by atoms with E-state index in [2.05, 4.69) is 28.0 Å². The van der Waals surface area contributed by atoms with Crippen molar-refractivity contribution in [3.63, 3.8) is 0 Å². The Kier molecular flexibility index (Phi) is 10.5. The molecule has 98 valence electrons. The zero-order chi connectivity index (χ0) is 13.6. The summed E-state index contributed by atoms with van der Waals surface area (Å²) in [4.78, 5) is 29.4. The summed E-state index contributed by atoms with van der Waals surface area (Å²) in [7, 11) is 0. The number of aliphatic imine (C=N–C) groups is 2. The van der Waals surface area contributed by atoms with Crippen molar-refractivity contribution in [2.75, 3.05) is 26.2 Å². The second kappa shape index (κ2) is 11.7. The lowest BCUT2D eigenvalue weighted by atomic mass is 10.1. The predicted molar refractivity (Wildman–Crippen MR) is 71.0 cm³/mol. The first kappa shape index (κ1) is 16.2. The fourth-order valence-electron chi connectivity index (χ4n) is 1.69. The van der Waals surface area contributed by atoms with Crippen molar-refractivity contribution in [2.45, 2.75) is 18.9 Å². The van der Waals surface area contributed by atoms with Crippen LogP contribution in [-0.2, 0) is 9.59 Å². The van der Waals surface area contributed by atoms with Gasteiger partial charge in [-0.3, -0.25) is 4.90 Å². The Bertz CT molecular complexity index is 332. The normalized spacial score (nSPS) is 11.2. The molecule has 0 radical (unpaired) electrons. The molecule has 0 N–H and O–H groups in total. The average molecular weight is 249 g/mol. The largest absolute Gasteiger partial charge is 0.291 e. The van der Waals surface area contributed by atoms with Crippen molar-refractivity contribution >= 4 is 12.2 Å². The van der Waals surface area contributed by atoms with E-state index in [0.29, 0.717) is 26.2 Å². The molecular weight excluding hydrogens is 230 g/mol. The molecule has 0 aromatic heterocycles. The third-order valence-corrected chi connectivity index (χ3v) is 2.48.